The fraction of sp³-hybridized carbons (Fsp3) is 0.435. The molecule has 0 saturated carbocycles. The summed E-state index contributed by atoms with van der Waals surface area (Å²) in [5, 5.41) is 23.4. The third kappa shape index (κ3) is 5.74. The van der Waals surface area contributed by atoms with E-state index in [0.29, 0.717) is 28.5 Å². The van der Waals surface area contributed by atoms with Gasteiger partial charge < -0.3 is 19.3 Å². The lowest BCUT2D eigenvalue weighted by Gasteiger charge is -2.24. The molecule has 0 aliphatic carbocycles. The first-order chi connectivity index (χ1) is 15.1. The topological polar surface area (TPSA) is 127 Å². The Balaban J connectivity index is 2.79. The highest BCUT2D eigenvalue weighted by Crippen LogP contribution is 2.48. The third-order valence-corrected chi connectivity index (χ3v) is 4.79. The largest absolute Gasteiger partial charge is 0.496 e. The Labute approximate surface area is 186 Å². The lowest BCUT2D eigenvalue weighted by atomic mass is 9.96. The van der Waals surface area contributed by atoms with Crippen molar-refractivity contribution in [3.63, 3.8) is 0 Å². The second-order valence-electron chi connectivity index (χ2n) is 8.27. The average molecular weight is 447 g/mol. The van der Waals surface area contributed by atoms with Gasteiger partial charge in [-0.05, 0) is 51.1 Å². The molecule has 3 N–H and O–H groups in total. The van der Waals surface area contributed by atoms with Gasteiger partial charge in [0.15, 0.2) is 0 Å². The highest BCUT2D eigenvalue weighted by molar-refractivity contribution is 6.08. The van der Waals surface area contributed by atoms with Crippen LogP contribution in [0.5, 0.6) is 11.5 Å². The van der Waals surface area contributed by atoms with Crippen LogP contribution in [0.15, 0.2) is 35.0 Å². The number of rotatable bonds is 10. The number of methoxy groups -OCH3 is 2. The van der Waals surface area contributed by atoms with Gasteiger partial charge in [0, 0.05) is 12.0 Å². The predicted molar refractivity (Wildman–Crippen MR) is 122 cm³/mol. The molecule has 9 nitrogen and oxygen atoms in total. The maximum Gasteiger partial charge on any atom is 0.309 e. The van der Waals surface area contributed by atoms with E-state index < -0.39 is 17.7 Å². The van der Waals surface area contributed by atoms with Crippen LogP contribution in [-0.4, -0.2) is 36.1 Å². The van der Waals surface area contributed by atoms with Crippen molar-refractivity contribution < 1.29 is 29.3 Å². The Kier molecular flexibility index (Phi) is 8.18. The van der Waals surface area contributed by atoms with Gasteiger partial charge in [0.25, 0.3) is 0 Å². The summed E-state index contributed by atoms with van der Waals surface area (Å²) in [5.74, 6) is -0.0143. The zero-order valence-corrected chi connectivity index (χ0v) is 19.2. The summed E-state index contributed by atoms with van der Waals surface area (Å²) in [6.45, 7) is 6.87. The molecule has 0 radical (unpaired) electrons. The van der Waals surface area contributed by atoms with Crippen molar-refractivity contribution in [2.24, 2.45) is 5.18 Å². The van der Waals surface area contributed by atoms with Crippen LogP contribution in [0.1, 0.15) is 52.2 Å². The van der Waals surface area contributed by atoms with E-state index in [4.69, 9.17) is 14.2 Å². The van der Waals surface area contributed by atoms with E-state index in [9.17, 15) is 20.0 Å². The number of nitrogens with zero attached hydrogens (tertiary/aromatic N) is 1. The maximum atomic E-state index is 12.5. The minimum atomic E-state index is -1.24. The zero-order chi connectivity index (χ0) is 24.1. The number of hydrogen-bond donors (Lipinski definition) is 3. The molecule has 1 unspecified atom stereocenters. The van der Waals surface area contributed by atoms with Gasteiger partial charge in [-0.15, -0.1) is 4.91 Å². The van der Waals surface area contributed by atoms with Crippen LogP contribution in [0.4, 0.5) is 11.4 Å². The minimum Gasteiger partial charge on any atom is -0.496 e. The molecule has 0 amide bonds. The smallest absolute Gasteiger partial charge is 0.309 e. The van der Waals surface area contributed by atoms with Crippen LogP contribution in [0.3, 0.4) is 0 Å². The molecular weight excluding hydrogens is 416 g/mol. The van der Waals surface area contributed by atoms with Gasteiger partial charge in [-0.2, -0.15) is 0 Å². The minimum absolute atomic E-state index is 0.0692. The molecule has 0 aliphatic rings. The standard InChI is InChI=1S/C23H30N2O7/c1-13(2)7-10-17(32-19(26)12-23(3,4)27)14-11-18(30-5)20-15(24-28)8-9-16(25-29)21(20)22(14)31-6/h7-9,11,17,24,27-28H,10,12H2,1-6H3. The molecule has 0 heterocycles. The fourth-order valence-corrected chi connectivity index (χ4v) is 3.42. The molecule has 2 aromatic rings. The van der Waals surface area contributed by atoms with Crippen LogP contribution >= 0.6 is 0 Å². The summed E-state index contributed by atoms with van der Waals surface area (Å²) in [7, 11) is 2.87. The number of nitroso groups, excluding NO2 is 1. The van der Waals surface area contributed by atoms with E-state index in [2.05, 4.69) is 10.7 Å². The Hall–Kier alpha value is -3.17. The van der Waals surface area contributed by atoms with Gasteiger partial charge in [0.05, 0.1) is 42.7 Å². The Morgan fingerprint density at radius 2 is 1.91 bits per heavy atom. The molecule has 32 heavy (non-hydrogen) atoms. The SMILES string of the molecule is COc1cc(C(CC=C(C)C)OC(=O)CC(C)(C)O)c(OC)c2c(N=O)ccc(NO)c12. The number of hydrogen-bond acceptors (Lipinski definition) is 9. The number of nitrogens with one attached hydrogen (secondary N) is 1. The van der Waals surface area contributed by atoms with Crippen LogP contribution in [0.2, 0.25) is 0 Å². The normalized spacial score (nSPS) is 12.1. The summed E-state index contributed by atoms with van der Waals surface area (Å²) in [5.41, 5.74) is 2.68. The fourth-order valence-electron chi connectivity index (χ4n) is 3.42. The number of ether oxygens (including phenoxy) is 3. The summed E-state index contributed by atoms with van der Waals surface area (Å²) in [6, 6.07) is 4.56. The van der Waals surface area contributed by atoms with Gasteiger partial charge in [-0.25, -0.2) is 0 Å². The van der Waals surface area contributed by atoms with Crippen molar-refractivity contribution in [1.29, 1.82) is 0 Å². The Morgan fingerprint density at radius 3 is 2.41 bits per heavy atom. The Bertz CT molecular complexity index is 1020. The number of carbonyl (C=O) groups excluding carboxylic acids is 1. The number of anilines is 1. The molecule has 0 fully saturated rings. The van der Waals surface area contributed by atoms with E-state index in [-0.39, 0.29) is 23.5 Å². The first kappa shape index (κ1) is 25.1. The highest BCUT2D eigenvalue weighted by atomic mass is 16.5. The van der Waals surface area contributed by atoms with Crippen LogP contribution < -0.4 is 15.0 Å². The molecular formula is C23H30N2O7. The van der Waals surface area contributed by atoms with Gasteiger partial charge in [0.2, 0.25) is 0 Å². The van der Waals surface area contributed by atoms with E-state index >= 15 is 0 Å². The van der Waals surface area contributed by atoms with Crippen molar-refractivity contribution in [2.75, 3.05) is 19.7 Å². The molecule has 2 aromatic carbocycles. The van der Waals surface area contributed by atoms with Crippen LogP contribution in [-0.2, 0) is 9.53 Å². The zero-order valence-electron chi connectivity index (χ0n) is 19.2. The first-order valence-electron chi connectivity index (χ1n) is 10.1. The first-order valence-corrected chi connectivity index (χ1v) is 10.1. The van der Waals surface area contributed by atoms with E-state index in [1.807, 2.05) is 19.9 Å². The number of aliphatic hydroxyl groups is 1. The van der Waals surface area contributed by atoms with Crippen LogP contribution in [0, 0.1) is 4.91 Å². The van der Waals surface area contributed by atoms with E-state index in [0.717, 1.165) is 5.57 Å². The molecule has 174 valence electrons. The predicted octanol–water partition coefficient (Wildman–Crippen LogP) is 5.16. The van der Waals surface area contributed by atoms with Crippen LogP contribution in [0.25, 0.3) is 10.8 Å². The number of carbonyl (C=O) groups is 1. The maximum absolute atomic E-state index is 12.5. The van der Waals surface area contributed by atoms with E-state index in [1.54, 1.807) is 6.07 Å². The number of allylic oxidation sites excluding steroid dienone is 1. The average Bonchev–Trinajstić information content (AvgIpc) is 2.73. The molecule has 0 aromatic heterocycles. The molecule has 0 spiro atoms. The molecule has 9 heteroatoms. The van der Waals surface area contributed by atoms with Crippen molar-refractivity contribution in [2.45, 2.75) is 52.2 Å². The molecule has 0 saturated heterocycles. The highest BCUT2D eigenvalue weighted by Gasteiger charge is 2.28. The van der Waals surface area contributed by atoms with Gasteiger partial charge >= 0.3 is 5.97 Å². The summed E-state index contributed by atoms with van der Waals surface area (Å²) in [4.78, 5) is 24.1. The quantitative estimate of drug-likeness (QED) is 0.198. The monoisotopic (exact) mass is 446 g/mol. The molecule has 0 aliphatic heterocycles. The van der Waals surface area contributed by atoms with Crippen molar-refractivity contribution >= 4 is 28.1 Å². The Morgan fingerprint density at radius 1 is 1.22 bits per heavy atom. The molecule has 1 atom stereocenters. The number of fused-ring (bicyclic) bond motifs is 1. The number of benzene rings is 2. The van der Waals surface area contributed by atoms with Gasteiger partial charge in [0.1, 0.15) is 23.3 Å². The summed E-state index contributed by atoms with van der Waals surface area (Å²) in [6.07, 6.45) is 1.24. The molecule has 2 rings (SSSR count). The lowest BCUT2D eigenvalue weighted by molar-refractivity contribution is -0.153. The third-order valence-electron chi connectivity index (χ3n) is 4.79. The van der Waals surface area contributed by atoms with Crippen molar-refractivity contribution in [3.8, 4) is 11.5 Å². The second-order valence-corrected chi connectivity index (χ2v) is 8.27. The lowest BCUT2D eigenvalue weighted by Crippen LogP contribution is -2.25. The van der Waals surface area contributed by atoms with Crippen molar-refractivity contribution in [1.82, 2.24) is 0 Å². The second kappa shape index (κ2) is 10.4. The van der Waals surface area contributed by atoms with Crippen molar-refractivity contribution in [3.05, 3.63) is 40.3 Å². The number of esters is 1. The molecule has 0 bridgehead atoms. The van der Waals surface area contributed by atoms with Gasteiger partial charge in [-0.3, -0.25) is 15.5 Å². The summed E-state index contributed by atoms with van der Waals surface area (Å²) >= 11 is 0. The van der Waals surface area contributed by atoms with E-state index in [1.165, 1.54) is 40.2 Å². The summed E-state index contributed by atoms with van der Waals surface area (Å²) < 4.78 is 16.9. The van der Waals surface area contributed by atoms with Gasteiger partial charge in [-0.1, -0.05) is 11.6 Å².